The van der Waals surface area contributed by atoms with Crippen LogP contribution in [0.15, 0.2) is 18.2 Å². The van der Waals surface area contributed by atoms with Crippen molar-refractivity contribution in [3.8, 4) is 5.75 Å². The summed E-state index contributed by atoms with van der Waals surface area (Å²) >= 11 is 5.97. The van der Waals surface area contributed by atoms with Gasteiger partial charge in [-0.15, -0.1) is 0 Å². The fourth-order valence-corrected chi connectivity index (χ4v) is 1.63. The second-order valence-electron chi connectivity index (χ2n) is 4.42. The summed E-state index contributed by atoms with van der Waals surface area (Å²) in [6.07, 6.45) is 1.77. The third-order valence-electron chi connectivity index (χ3n) is 2.44. The Bertz CT molecular complexity index is 377. The van der Waals surface area contributed by atoms with E-state index in [4.69, 9.17) is 21.1 Å². The average Bonchev–Trinajstić information content (AvgIpc) is 2.34. The van der Waals surface area contributed by atoms with E-state index in [-0.39, 0.29) is 0 Å². The highest BCUT2D eigenvalue weighted by Crippen LogP contribution is 2.27. The first kappa shape index (κ1) is 15.0. The SMILES string of the molecule is CC(C)CCOCCOc1c(Cl)cccc1C=O. The minimum Gasteiger partial charge on any atom is -0.489 e. The van der Waals surface area contributed by atoms with E-state index < -0.39 is 0 Å². The van der Waals surface area contributed by atoms with Crippen molar-refractivity contribution in [2.45, 2.75) is 20.3 Å². The molecule has 0 atom stereocenters. The molecule has 100 valence electrons. The number of hydrogen-bond acceptors (Lipinski definition) is 3. The van der Waals surface area contributed by atoms with Crippen LogP contribution in [0.25, 0.3) is 0 Å². The first-order valence-corrected chi connectivity index (χ1v) is 6.47. The van der Waals surface area contributed by atoms with Crippen molar-refractivity contribution in [1.82, 2.24) is 0 Å². The normalized spacial score (nSPS) is 10.7. The molecular weight excluding hydrogens is 252 g/mol. The van der Waals surface area contributed by atoms with Crippen LogP contribution in [0.3, 0.4) is 0 Å². The Morgan fingerprint density at radius 3 is 2.72 bits per heavy atom. The predicted octanol–water partition coefficient (Wildman–Crippen LogP) is 3.59. The van der Waals surface area contributed by atoms with Gasteiger partial charge in [-0.1, -0.05) is 31.5 Å². The molecule has 0 spiro atoms. The molecule has 0 bridgehead atoms. The molecule has 4 heteroatoms. The summed E-state index contributed by atoms with van der Waals surface area (Å²) in [6.45, 7) is 5.92. The Balaban J connectivity index is 2.33. The van der Waals surface area contributed by atoms with Gasteiger partial charge < -0.3 is 9.47 Å². The lowest BCUT2D eigenvalue weighted by atomic mass is 10.1. The smallest absolute Gasteiger partial charge is 0.153 e. The Kier molecular flexibility index (Phi) is 6.76. The summed E-state index contributed by atoms with van der Waals surface area (Å²) < 4.78 is 10.9. The van der Waals surface area contributed by atoms with Gasteiger partial charge in [-0.05, 0) is 24.5 Å². The fourth-order valence-electron chi connectivity index (χ4n) is 1.39. The van der Waals surface area contributed by atoms with E-state index in [2.05, 4.69) is 13.8 Å². The molecule has 0 aliphatic carbocycles. The zero-order valence-electron chi connectivity index (χ0n) is 10.8. The zero-order chi connectivity index (χ0) is 13.4. The van der Waals surface area contributed by atoms with Crippen LogP contribution in [0.2, 0.25) is 5.02 Å². The number of hydrogen-bond donors (Lipinski definition) is 0. The van der Waals surface area contributed by atoms with Crippen LogP contribution in [-0.2, 0) is 4.74 Å². The highest BCUT2D eigenvalue weighted by molar-refractivity contribution is 6.32. The topological polar surface area (TPSA) is 35.5 Å². The van der Waals surface area contributed by atoms with E-state index in [9.17, 15) is 4.79 Å². The van der Waals surface area contributed by atoms with Crippen LogP contribution >= 0.6 is 11.6 Å². The predicted molar refractivity (Wildman–Crippen MR) is 72.6 cm³/mol. The zero-order valence-corrected chi connectivity index (χ0v) is 11.6. The van der Waals surface area contributed by atoms with Gasteiger partial charge in [0.2, 0.25) is 0 Å². The molecule has 0 aliphatic heterocycles. The Morgan fingerprint density at radius 2 is 2.06 bits per heavy atom. The first-order valence-electron chi connectivity index (χ1n) is 6.09. The molecule has 0 amide bonds. The van der Waals surface area contributed by atoms with Crippen LogP contribution in [0.5, 0.6) is 5.75 Å². The van der Waals surface area contributed by atoms with E-state index in [1.807, 2.05) is 0 Å². The van der Waals surface area contributed by atoms with E-state index in [0.717, 1.165) is 19.3 Å². The molecule has 0 aliphatic rings. The quantitative estimate of drug-likeness (QED) is 0.535. The first-order chi connectivity index (χ1) is 8.65. The molecule has 0 N–H and O–H groups in total. The van der Waals surface area contributed by atoms with Crippen molar-refractivity contribution in [1.29, 1.82) is 0 Å². The van der Waals surface area contributed by atoms with Crippen LogP contribution in [-0.4, -0.2) is 26.1 Å². The monoisotopic (exact) mass is 270 g/mol. The minimum absolute atomic E-state index is 0.392. The molecule has 0 saturated heterocycles. The van der Waals surface area contributed by atoms with E-state index in [1.54, 1.807) is 18.2 Å². The molecule has 0 unspecified atom stereocenters. The second kappa shape index (κ2) is 8.11. The van der Waals surface area contributed by atoms with Gasteiger partial charge in [0.25, 0.3) is 0 Å². The van der Waals surface area contributed by atoms with Crippen molar-refractivity contribution in [3.63, 3.8) is 0 Å². The third-order valence-corrected chi connectivity index (χ3v) is 2.74. The molecule has 18 heavy (non-hydrogen) atoms. The van der Waals surface area contributed by atoms with Crippen molar-refractivity contribution in [2.24, 2.45) is 5.92 Å². The largest absolute Gasteiger partial charge is 0.489 e. The van der Waals surface area contributed by atoms with Crippen LogP contribution in [0.1, 0.15) is 30.6 Å². The lowest BCUT2D eigenvalue weighted by molar-refractivity contribution is 0.0918. The second-order valence-corrected chi connectivity index (χ2v) is 4.83. The third kappa shape index (κ3) is 5.07. The van der Waals surface area contributed by atoms with E-state index in [0.29, 0.717) is 35.5 Å². The van der Waals surface area contributed by atoms with Gasteiger partial charge in [0.1, 0.15) is 12.4 Å². The summed E-state index contributed by atoms with van der Waals surface area (Å²) in [4.78, 5) is 10.8. The van der Waals surface area contributed by atoms with Crippen LogP contribution in [0, 0.1) is 5.92 Å². The molecule has 1 rings (SSSR count). The summed E-state index contributed by atoms with van der Waals surface area (Å²) in [5.41, 5.74) is 0.463. The number of carbonyl (C=O) groups excluding carboxylic acids is 1. The minimum atomic E-state index is 0.392. The average molecular weight is 271 g/mol. The van der Waals surface area contributed by atoms with Crippen molar-refractivity contribution < 1.29 is 14.3 Å². The number of benzene rings is 1. The number of aldehydes is 1. The molecule has 0 heterocycles. The van der Waals surface area contributed by atoms with Gasteiger partial charge in [-0.25, -0.2) is 0 Å². The molecule has 0 aromatic heterocycles. The molecular formula is C14H19ClO3. The summed E-state index contributed by atoms with van der Waals surface area (Å²) in [5.74, 6) is 1.07. The Morgan fingerprint density at radius 1 is 1.28 bits per heavy atom. The Hall–Kier alpha value is -1.06. The number of para-hydroxylation sites is 1. The molecule has 0 radical (unpaired) electrons. The van der Waals surface area contributed by atoms with Crippen molar-refractivity contribution >= 4 is 17.9 Å². The maximum absolute atomic E-state index is 10.8. The van der Waals surface area contributed by atoms with Gasteiger partial charge in [0, 0.05) is 6.61 Å². The number of ether oxygens (including phenoxy) is 2. The van der Waals surface area contributed by atoms with Gasteiger partial charge in [-0.3, -0.25) is 4.79 Å². The van der Waals surface area contributed by atoms with Gasteiger partial charge >= 0.3 is 0 Å². The molecule has 1 aromatic rings. The number of rotatable bonds is 8. The lowest BCUT2D eigenvalue weighted by Gasteiger charge is -2.11. The molecule has 3 nitrogen and oxygen atoms in total. The molecule has 1 aromatic carbocycles. The molecule has 0 fully saturated rings. The van der Waals surface area contributed by atoms with Crippen LogP contribution in [0.4, 0.5) is 0 Å². The van der Waals surface area contributed by atoms with E-state index in [1.165, 1.54) is 0 Å². The maximum Gasteiger partial charge on any atom is 0.153 e. The van der Waals surface area contributed by atoms with Crippen LogP contribution < -0.4 is 4.74 Å². The standard InChI is InChI=1S/C14H19ClO3/c1-11(2)6-7-17-8-9-18-14-12(10-16)4-3-5-13(14)15/h3-5,10-11H,6-9H2,1-2H3. The van der Waals surface area contributed by atoms with Gasteiger partial charge in [-0.2, -0.15) is 0 Å². The van der Waals surface area contributed by atoms with Gasteiger partial charge in [0.15, 0.2) is 6.29 Å². The summed E-state index contributed by atoms with van der Waals surface area (Å²) in [7, 11) is 0. The van der Waals surface area contributed by atoms with Crippen molar-refractivity contribution in [3.05, 3.63) is 28.8 Å². The molecule has 0 saturated carbocycles. The highest BCUT2D eigenvalue weighted by Gasteiger charge is 2.07. The summed E-state index contributed by atoms with van der Waals surface area (Å²) in [6, 6.07) is 5.09. The summed E-state index contributed by atoms with van der Waals surface area (Å²) in [5, 5.41) is 0.446. The number of carbonyl (C=O) groups is 1. The maximum atomic E-state index is 10.8. The lowest BCUT2D eigenvalue weighted by Crippen LogP contribution is -2.09. The number of halogens is 1. The van der Waals surface area contributed by atoms with Crippen molar-refractivity contribution in [2.75, 3.05) is 19.8 Å². The Labute approximate surface area is 113 Å². The highest BCUT2D eigenvalue weighted by atomic mass is 35.5. The fraction of sp³-hybridized carbons (Fsp3) is 0.500. The van der Waals surface area contributed by atoms with E-state index >= 15 is 0 Å². The van der Waals surface area contributed by atoms with Gasteiger partial charge in [0.05, 0.1) is 17.2 Å².